The second-order valence-electron chi connectivity index (χ2n) is 1.25. The molecule has 7 heavy (non-hydrogen) atoms. The molecule has 0 rings (SSSR count). The van der Waals surface area contributed by atoms with E-state index in [-0.39, 0.29) is 0 Å². The van der Waals surface area contributed by atoms with E-state index >= 15 is 0 Å². The Balaban J connectivity index is 3.56. The van der Waals surface area contributed by atoms with Gasteiger partial charge in [0.25, 0.3) is 0 Å². The molecule has 0 spiro atoms. The Morgan fingerprint density at radius 1 is 2.00 bits per heavy atom. The molecular formula is C5H6FN. The first kappa shape index (κ1) is 6.16. The number of allylic oxidation sites excluding steroid dienone is 2. The molecule has 0 unspecified atom stereocenters. The smallest absolute Gasteiger partial charge is 0.111 e. The number of nitrogens with zero attached hydrogens (tertiary/aromatic N) is 1. The van der Waals surface area contributed by atoms with Gasteiger partial charge in [0.05, 0.1) is 6.07 Å². The van der Waals surface area contributed by atoms with Crippen molar-refractivity contribution in [3.63, 3.8) is 0 Å². The van der Waals surface area contributed by atoms with E-state index in [2.05, 4.69) is 0 Å². The first-order chi connectivity index (χ1) is 3.31. The van der Waals surface area contributed by atoms with Gasteiger partial charge in [0.2, 0.25) is 0 Å². The van der Waals surface area contributed by atoms with Gasteiger partial charge in [0.1, 0.15) is 6.67 Å². The van der Waals surface area contributed by atoms with Crippen molar-refractivity contribution >= 4 is 0 Å². The van der Waals surface area contributed by atoms with Gasteiger partial charge < -0.3 is 0 Å². The van der Waals surface area contributed by atoms with Gasteiger partial charge in [-0.2, -0.15) is 5.26 Å². The lowest BCUT2D eigenvalue weighted by Crippen LogP contribution is -1.73. The van der Waals surface area contributed by atoms with Crippen LogP contribution in [0.25, 0.3) is 0 Å². The van der Waals surface area contributed by atoms with Crippen LogP contribution in [0.5, 0.6) is 0 Å². The quantitative estimate of drug-likeness (QED) is 0.456. The summed E-state index contributed by atoms with van der Waals surface area (Å²) in [6.45, 7) is 1.05. The minimum atomic E-state index is -0.520. The maximum atomic E-state index is 11.4. The largest absolute Gasteiger partial charge is 0.246 e. The van der Waals surface area contributed by atoms with Crippen LogP contribution in [0.4, 0.5) is 4.39 Å². The Hall–Kier alpha value is -0.840. The summed E-state index contributed by atoms with van der Waals surface area (Å²) in [5.41, 5.74) is 0.475. The van der Waals surface area contributed by atoms with Crippen LogP contribution in [-0.2, 0) is 0 Å². The van der Waals surface area contributed by atoms with Gasteiger partial charge in [0.15, 0.2) is 0 Å². The summed E-state index contributed by atoms with van der Waals surface area (Å²) in [6, 6.07) is 1.72. The molecule has 0 radical (unpaired) electrons. The monoisotopic (exact) mass is 99.0 g/mol. The molecule has 0 N–H and O–H groups in total. The van der Waals surface area contributed by atoms with Crippen molar-refractivity contribution in [1.82, 2.24) is 0 Å². The molecule has 0 saturated carbocycles. The van der Waals surface area contributed by atoms with Crippen molar-refractivity contribution in [3.05, 3.63) is 11.6 Å². The molecule has 38 valence electrons. The van der Waals surface area contributed by atoms with Crippen molar-refractivity contribution in [2.75, 3.05) is 6.67 Å². The summed E-state index contributed by atoms with van der Waals surface area (Å²) in [5.74, 6) is 0. The number of halogens is 1. The van der Waals surface area contributed by atoms with Crippen molar-refractivity contribution in [3.8, 4) is 6.07 Å². The van der Waals surface area contributed by atoms with Gasteiger partial charge in [-0.25, -0.2) is 4.39 Å². The van der Waals surface area contributed by atoms with E-state index in [0.717, 1.165) is 0 Å². The fourth-order valence-electron chi connectivity index (χ4n) is 0.149. The lowest BCUT2D eigenvalue weighted by molar-refractivity contribution is 0.543. The molecule has 0 bridgehead atoms. The summed E-state index contributed by atoms with van der Waals surface area (Å²) in [6.07, 6.45) is 1.19. The minimum Gasteiger partial charge on any atom is -0.246 e. The Bertz CT molecular complexity index is 110. The van der Waals surface area contributed by atoms with E-state index < -0.39 is 6.67 Å². The number of nitriles is 1. The van der Waals surface area contributed by atoms with Gasteiger partial charge in [-0.15, -0.1) is 0 Å². The Morgan fingerprint density at radius 2 is 2.57 bits per heavy atom. The standard InChI is InChI=1S/C5H6FN/c1-5(4-6)2-3-7/h2H,4H2,1H3. The van der Waals surface area contributed by atoms with Crippen LogP contribution in [0.15, 0.2) is 11.6 Å². The third-order valence-corrected chi connectivity index (χ3v) is 0.522. The highest BCUT2D eigenvalue weighted by atomic mass is 19.1. The maximum absolute atomic E-state index is 11.4. The molecule has 0 aromatic carbocycles. The lowest BCUT2D eigenvalue weighted by atomic mass is 10.3. The zero-order chi connectivity index (χ0) is 5.70. The normalized spacial score (nSPS) is 10.7. The van der Waals surface area contributed by atoms with Crippen LogP contribution in [0.2, 0.25) is 0 Å². The predicted octanol–water partition coefficient (Wildman–Crippen LogP) is 1.43. The maximum Gasteiger partial charge on any atom is 0.111 e. The van der Waals surface area contributed by atoms with E-state index in [1.165, 1.54) is 6.08 Å². The third kappa shape index (κ3) is 2.98. The predicted molar refractivity (Wildman–Crippen MR) is 25.3 cm³/mol. The molecule has 2 heteroatoms. The number of hydrogen-bond acceptors (Lipinski definition) is 1. The van der Waals surface area contributed by atoms with E-state index in [0.29, 0.717) is 5.57 Å². The van der Waals surface area contributed by atoms with E-state index in [1.54, 1.807) is 13.0 Å². The molecule has 0 fully saturated rings. The summed E-state index contributed by atoms with van der Waals surface area (Å²) < 4.78 is 11.4. The van der Waals surface area contributed by atoms with Gasteiger partial charge in [-0.3, -0.25) is 0 Å². The molecule has 0 heterocycles. The SMILES string of the molecule is CC(=CC#N)CF. The fourth-order valence-corrected chi connectivity index (χ4v) is 0.149. The fraction of sp³-hybridized carbons (Fsp3) is 0.400. The Labute approximate surface area is 42.1 Å². The van der Waals surface area contributed by atoms with Gasteiger partial charge in [-0.05, 0) is 12.5 Å². The van der Waals surface area contributed by atoms with Crippen molar-refractivity contribution in [1.29, 1.82) is 5.26 Å². The average molecular weight is 99.1 g/mol. The molecule has 1 nitrogen and oxygen atoms in total. The highest BCUT2D eigenvalue weighted by Gasteiger charge is 1.80. The second-order valence-corrected chi connectivity index (χ2v) is 1.25. The lowest BCUT2D eigenvalue weighted by Gasteiger charge is -1.80. The van der Waals surface area contributed by atoms with Crippen molar-refractivity contribution < 1.29 is 4.39 Å². The molecular weight excluding hydrogens is 93.1 g/mol. The minimum absolute atomic E-state index is 0.475. The summed E-state index contributed by atoms with van der Waals surface area (Å²) in [4.78, 5) is 0. The molecule has 0 aliphatic carbocycles. The summed E-state index contributed by atoms with van der Waals surface area (Å²) in [7, 11) is 0. The zero-order valence-electron chi connectivity index (χ0n) is 4.11. The van der Waals surface area contributed by atoms with E-state index in [9.17, 15) is 4.39 Å². The number of hydrogen-bond donors (Lipinski definition) is 0. The highest BCUT2D eigenvalue weighted by molar-refractivity contribution is 5.10. The van der Waals surface area contributed by atoms with E-state index in [1.807, 2.05) is 0 Å². The zero-order valence-corrected chi connectivity index (χ0v) is 4.11. The number of rotatable bonds is 1. The van der Waals surface area contributed by atoms with Crippen LogP contribution >= 0.6 is 0 Å². The second kappa shape index (κ2) is 3.35. The van der Waals surface area contributed by atoms with Crippen LogP contribution in [-0.4, -0.2) is 6.67 Å². The third-order valence-electron chi connectivity index (χ3n) is 0.522. The first-order valence-corrected chi connectivity index (χ1v) is 1.92. The number of alkyl halides is 1. The summed E-state index contributed by atoms with van der Waals surface area (Å²) in [5, 5.41) is 7.87. The molecule has 0 aromatic rings. The van der Waals surface area contributed by atoms with Crippen LogP contribution in [0.3, 0.4) is 0 Å². The molecule has 0 saturated heterocycles. The van der Waals surface area contributed by atoms with Gasteiger partial charge in [-0.1, -0.05) is 0 Å². The van der Waals surface area contributed by atoms with Gasteiger partial charge >= 0.3 is 0 Å². The van der Waals surface area contributed by atoms with Crippen LogP contribution in [0, 0.1) is 11.3 Å². The Kier molecular flexibility index (Phi) is 2.95. The topological polar surface area (TPSA) is 23.8 Å². The van der Waals surface area contributed by atoms with Gasteiger partial charge in [0, 0.05) is 6.08 Å². The molecule has 0 amide bonds. The molecule has 0 atom stereocenters. The van der Waals surface area contributed by atoms with Crippen molar-refractivity contribution in [2.24, 2.45) is 0 Å². The van der Waals surface area contributed by atoms with E-state index in [4.69, 9.17) is 5.26 Å². The highest BCUT2D eigenvalue weighted by Crippen LogP contribution is 1.89. The molecule has 0 aliphatic rings. The molecule has 0 aliphatic heterocycles. The average Bonchev–Trinajstić information content (AvgIpc) is 1.68. The van der Waals surface area contributed by atoms with Crippen molar-refractivity contribution in [2.45, 2.75) is 6.92 Å². The summed E-state index contributed by atoms with van der Waals surface area (Å²) >= 11 is 0. The van der Waals surface area contributed by atoms with Crippen LogP contribution < -0.4 is 0 Å². The first-order valence-electron chi connectivity index (χ1n) is 1.92. The molecule has 0 aromatic heterocycles. The van der Waals surface area contributed by atoms with Crippen LogP contribution in [0.1, 0.15) is 6.92 Å². The Morgan fingerprint density at radius 3 is 2.71 bits per heavy atom.